The third-order valence-corrected chi connectivity index (χ3v) is 2.41. The van der Waals surface area contributed by atoms with Crippen molar-refractivity contribution in [3.05, 3.63) is 0 Å². The number of hydrogen-bond donors (Lipinski definition) is 0. The van der Waals surface area contributed by atoms with Gasteiger partial charge in [0.15, 0.2) is 0 Å². The maximum atomic E-state index is 5.66. The quantitative estimate of drug-likeness (QED) is 0.641. The lowest BCUT2D eigenvalue weighted by molar-refractivity contribution is -0.0254. The highest BCUT2D eigenvalue weighted by Gasteiger charge is 2.17. The fourth-order valence-electron chi connectivity index (χ4n) is 1.56. The largest absolute Gasteiger partial charge is 0.376 e. The Kier molecular flexibility index (Phi) is 4.02. The lowest BCUT2D eigenvalue weighted by atomic mass is 10.0. The summed E-state index contributed by atoms with van der Waals surface area (Å²) in [5, 5.41) is 0. The zero-order valence-corrected chi connectivity index (χ0v) is 8.55. The molecule has 1 heterocycles. The standard InChI is InChI=1S/C10H21NO/c1-9(2)4-5-10-8-11(3)6-7-12-10/h9-10H,4-8H2,1-3H3. The van der Waals surface area contributed by atoms with Crippen LogP contribution in [0.4, 0.5) is 0 Å². The molecule has 1 rings (SSSR count). The van der Waals surface area contributed by atoms with Crippen LogP contribution in [-0.4, -0.2) is 37.7 Å². The van der Waals surface area contributed by atoms with Crippen LogP contribution in [0.15, 0.2) is 0 Å². The molecule has 1 aliphatic heterocycles. The predicted molar refractivity (Wildman–Crippen MR) is 51.3 cm³/mol. The van der Waals surface area contributed by atoms with Crippen molar-refractivity contribution >= 4 is 0 Å². The van der Waals surface area contributed by atoms with Crippen molar-refractivity contribution in [1.82, 2.24) is 4.90 Å². The first-order valence-corrected chi connectivity index (χ1v) is 4.98. The normalized spacial score (nSPS) is 26.5. The Morgan fingerprint density at radius 2 is 2.25 bits per heavy atom. The van der Waals surface area contributed by atoms with Gasteiger partial charge in [-0.25, -0.2) is 0 Å². The van der Waals surface area contributed by atoms with E-state index in [9.17, 15) is 0 Å². The number of likely N-dealkylation sites (N-methyl/N-ethyl adjacent to an activating group) is 1. The molecule has 2 nitrogen and oxygen atoms in total. The van der Waals surface area contributed by atoms with Crippen molar-refractivity contribution in [2.45, 2.75) is 32.8 Å². The zero-order chi connectivity index (χ0) is 8.97. The first-order chi connectivity index (χ1) is 5.68. The molecule has 12 heavy (non-hydrogen) atoms. The van der Waals surface area contributed by atoms with Gasteiger partial charge in [0.2, 0.25) is 0 Å². The molecular weight excluding hydrogens is 150 g/mol. The van der Waals surface area contributed by atoms with Gasteiger partial charge in [0.05, 0.1) is 12.7 Å². The number of nitrogens with zero attached hydrogens (tertiary/aromatic N) is 1. The number of rotatable bonds is 3. The van der Waals surface area contributed by atoms with E-state index in [-0.39, 0.29) is 0 Å². The fraction of sp³-hybridized carbons (Fsp3) is 1.00. The van der Waals surface area contributed by atoms with Crippen molar-refractivity contribution in [2.75, 3.05) is 26.7 Å². The van der Waals surface area contributed by atoms with Gasteiger partial charge in [-0.05, 0) is 25.8 Å². The van der Waals surface area contributed by atoms with Gasteiger partial charge in [0.1, 0.15) is 0 Å². The molecule has 2 heteroatoms. The maximum Gasteiger partial charge on any atom is 0.0702 e. The van der Waals surface area contributed by atoms with Crippen molar-refractivity contribution in [3.63, 3.8) is 0 Å². The van der Waals surface area contributed by atoms with Gasteiger partial charge >= 0.3 is 0 Å². The summed E-state index contributed by atoms with van der Waals surface area (Å²) in [5.41, 5.74) is 0. The molecule has 0 spiro atoms. The number of morpholine rings is 1. The van der Waals surface area contributed by atoms with Crippen LogP contribution < -0.4 is 0 Å². The molecule has 0 aromatic heterocycles. The molecule has 0 N–H and O–H groups in total. The molecule has 72 valence electrons. The highest BCUT2D eigenvalue weighted by atomic mass is 16.5. The van der Waals surface area contributed by atoms with Crippen LogP contribution in [0, 0.1) is 5.92 Å². The van der Waals surface area contributed by atoms with Gasteiger partial charge in [0, 0.05) is 13.1 Å². The van der Waals surface area contributed by atoms with Crippen LogP contribution in [0.2, 0.25) is 0 Å². The van der Waals surface area contributed by atoms with E-state index >= 15 is 0 Å². The number of hydrogen-bond acceptors (Lipinski definition) is 2. The van der Waals surface area contributed by atoms with Gasteiger partial charge in [-0.3, -0.25) is 0 Å². The van der Waals surface area contributed by atoms with E-state index in [2.05, 4.69) is 25.8 Å². The highest BCUT2D eigenvalue weighted by molar-refractivity contribution is 4.69. The average Bonchev–Trinajstić information content (AvgIpc) is 2.01. The molecule has 1 aliphatic rings. The minimum Gasteiger partial charge on any atom is -0.376 e. The third-order valence-electron chi connectivity index (χ3n) is 2.41. The zero-order valence-electron chi connectivity index (χ0n) is 8.55. The van der Waals surface area contributed by atoms with E-state index in [1.54, 1.807) is 0 Å². The van der Waals surface area contributed by atoms with E-state index < -0.39 is 0 Å². The van der Waals surface area contributed by atoms with E-state index in [1.807, 2.05) is 0 Å². The Hall–Kier alpha value is -0.0800. The first-order valence-electron chi connectivity index (χ1n) is 4.98. The van der Waals surface area contributed by atoms with Crippen LogP contribution in [0.3, 0.4) is 0 Å². The Morgan fingerprint density at radius 1 is 1.50 bits per heavy atom. The lowest BCUT2D eigenvalue weighted by Crippen LogP contribution is -2.39. The number of ether oxygens (including phenoxy) is 1. The summed E-state index contributed by atoms with van der Waals surface area (Å²) >= 11 is 0. The average molecular weight is 171 g/mol. The second-order valence-corrected chi connectivity index (χ2v) is 4.23. The Labute approximate surface area is 75.9 Å². The molecule has 0 aliphatic carbocycles. The minimum absolute atomic E-state index is 0.492. The van der Waals surface area contributed by atoms with Crippen LogP contribution in [0.1, 0.15) is 26.7 Å². The van der Waals surface area contributed by atoms with E-state index in [4.69, 9.17) is 4.74 Å². The Balaban J connectivity index is 2.14. The molecule has 0 aromatic rings. The second kappa shape index (κ2) is 4.83. The summed E-state index contributed by atoms with van der Waals surface area (Å²) in [4.78, 5) is 2.36. The summed E-state index contributed by atoms with van der Waals surface area (Å²) in [5.74, 6) is 0.806. The molecule has 1 atom stereocenters. The highest BCUT2D eigenvalue weighted by Crippen LogP contribution is 2.12. The monoisotopic (exact) mass is 171 g/mol. The van der Waals surface area contributed by atoms with Crippen molar-refractivity contribution in [2.24, 2.45) is 5.92 Å². The summed E-state index contributed by atoms with van der Waals surface area (Å²) in [7, 11) is 2.17. The smallest absolute Gasteiger partial charge is 0.0702 e. The molecular formula is C10H21NO. The fourth-order valence-corrected chi connectivity index (χ4v) is 1.56. The summed E-state index contributed by atoms with van der Waals surface area (Å²) in [6, 6.07) is 0. The molecule has 0 radical (unpaired) electrons. The van der Waals surface area contributed by atoms with Crippen molar-refractivity contribution < 1.29 is 4.74 Å². The summed E-state index contributed by atoms with van der Waals surface area (Å²) in [6.07, 6.45) is 3.01. The van der Waals surface area contributed by atoms with Crippen LogP contribution in [-0.2, 0) is 4.74 Å². The van der Waals surface area contributed by atoms with Gasteiger partial charge in [-0.2, -0.15) is 0 Å². The van der Waals surface area contributed by atoms with Gasteiger partial charge < -0.3 is 9.64 Å². The molecule has 1 fully saturated rings. The van der Waals surface area contributed by atoms with Gasteiger partial charge in [-0.1, -0.05) is 13.8 Å². The molecule has 0 saturated carbocycles. The van der Waals surface area contributed by atoms with Crippen LogP contribution >= 0.6 is 0 Å². The van der Waals surface area contributed by atoms with Gasteiger partial charge in [0.25, 0.3) is 0 Å². The molecule has 1 unspecified atom stereocenters. The Bertz CT molecular complexity index is 125. The second-order valence-electron chi connectivity index (χ2n) is 4.23. The van der Waals surface area contributed by atoms with Crippen molar-refractivity contribution in [1.29, 1.82) is 0 Å². The van der Waals surface area contributed by atoms with E-state index in [0.717, 1.165) is 25.6 Å². The third kappa shape index (κ3) is 3.55. The molecule has 0 bridgehead atoms. The van der Waals surface area contributed by atoms with Gasteiger partial charge in [-0.15, -0.1) is 0 Å². The minimum atomic E-state index is 0.492. The topological polar surface area (TPSA) is 12.5 Å². The summed E-state index contributed by atoms with van der Waals surface area (Å²) < 4.78 is 5.66. The van der Waals surface area contributed by atoms with E-state index in [0.29, 0.717) is 6.10 Å². The Morgan fingerprint density at radius 3 is 2.83 bits per heavy atom. The maximum absolute atomic E-state index is 5.66. The van der Waals surface area contributed by atoms with Crippen LogP contribution in [0.5, 0.6) is 0 Å². The van der Waals surface area contributed by atoms with E-state index in [1.165, 1.54) is 12.8 Å². The van der Waals surface area contributed by atoms with Crippen LogP contribution in [0.25, 0.3) is 0 Å². The molecule has 1 saturated heterocycles. The first kappa shape index (κ1) is 10.0. The molecule has 0 amide bonds. The van der Waals surface area contributed by atoms with Crippen molar-refractivity contribution in [3.8, 4) is 0 Å². The summed E-state index contributed by atoms with van der Waals surface area (Å²) in [6.45, 7) is 7.67. The molecule has 0 aromatic carbocycles. The SMILES string of the molecule is CC(C)CCC1CN(C)CCO1. The predicted octanol–water partition coefficient (Wildman–Crippen LogP) is 1.75. The lowest BCUT2D eigenvalue weighted by Gasteiger charge is -2.30.